The normalized spacial score (nSPS) is 28.5. The lowest BCUT2D eigenvalue weighted by atomic mass is 9.80. The van der Waals surface area contributed by atoms with Gasteiger partial charge < -0.3 is 14.4 Å². The van der Waals surface area contributed by atoms with Crippen molar-refractivity contribution in [3.8, 4) is 6.07 Å². The molecule has 0 aliphatic carbocycles. The van der Waals surface area contributed by atoms with Crippen LogP contribution in [-0.2, 0) is 14.3 Å². The number of hydrogen-bond acceptors (Lipinski definition) is 4. The number of nitrogens with zero attached hydrogens (tertiary/aromatic N) is 2. The minimum absolute atomic E-state index is 0.0425. The van der Waals surface area contributed by atoms with Crippen LogP contribution in [0.2, 0.25) is 0 Å². The Bertz CT molecular complexity index is 331. The molecule has 0 saturated carbocycles. The van der Waals surface area contributed by atoms with Gasteiger partial charge in [0, 0.05) is 19.8 Å². The number of nitriles is 1. The molecular weight excluding hydrogens is 220 g/mol. The lowest BCUT2D eigenvalue weighted by Crippen LogP contribution is -2.54. The molecule has 2 aliphatic rings. The Morgan fingerprint density at radius 2 is 2.06 bits per heavy atom. The molecule has 17 heavy (non-hydrogen) atoms. The van der Waals surface area contributed by atoms with Crippen LogP contribution in [0.25, 0.3) is 0 Å². The molecule has 2 heterocycles. The van der Waals surface area contributed by atoms with E-state index in [1.165, 1.54) is 0 Å². The Morgan fingerprint density at radius 3 is 2.65 bits per heavy atom. The molecule has 0 aromatic carbocycles. The van der Waals surface area contributed by atoms with Crippen LogP contribution in [0.1, 0.15) is 19.8 Å². The van der Waals surface area contributed by atoms with Gasteiger partial charge >= 0.3 is 0 Å². The Kier molecular flexibility index (Phi) is 3.65. The first-order valence-electron chi connectivity index (χ1n) is 6.07. The predicted octanol–water partition coefficient (Wildman–Crippen LogP) is 0.554. The average molecular weight is 238 g/mol. The fourth-order valence-corrected chi connectivity index (χ4v) is 2.40. The smallest absolute Gasteiger partial charge is 0.243 e. The molecule has 0 aromatic rings. The SMILES string of the molecule is CC1COCCN1C(=O)C1(C#N)CCOCC1. The van der Waals surface area contributed by atoms with Crippen molar-refractivity contribution >= 4 is 5.91 Å². The molecule has 5 nitrogen and oxygen atoms in total. The Hall–Kier alpha value is -1.12. The summed E-state index contributed by atoms with van der Waals surface area (Å²) in [6.45, 7) is 4.67. The molecule has 0 aromatic heterocycles. The Balaban J connectivity index is 2.13. The lowest BCUT2D eigenvalue weighted by molar-refractivity contribution is -0.151. The highest BCUT2D eigenvalue weighted by Gasteiger charge is 2.44. The van der Waals surface area contributed by atoms with Crippen LogP contribution in [0, 0.1) is 16.7 Å². The predicted molar refractivity (Wildman–Crippen MR) is 60.1 cm³/mol. The van der Waals surface area contributed by atoms with E-state index in [9.17, 15) is 10.1 Å². The third-order valence-corrected chi connectivity index (χ3v) is 3.60. The van der Waals surface area contributed by atoms with Crippen LogP contribution >= 0.6 is 0 Å². The van der Waals surface area contributed by atoms with Gasteiger partial charge in [-0.15, -0.1) is 0 Å². The maximum atomic E-state index is 12.5. The van der Waals surface area contributed by atoms with Crippen LogP contribution < -0.4 is 0 Å². The first-order chi connectivity index (χ1) is 8.19. The zero-order chi connectivity index (χ0) is 12.3. The van der Waals surface area contributed by atoms with Crippen molar-refractivity contribution in [2.45, 2.75) is 25.8 Å². The number of carbonyl (C=O) groups excluding carboxylic acids is 1. The molecule has 1 unspecified atom stereocenters. The van der Waals surface area contributed by atoms with Gasteiger partial charge in [0.15, 0.2) is 0 Å². The Labute approximate surface area is 101 Å². The minimum atomic E-state index is -0.871. The lowest BCUT2D eigenvalue weighted by Gasteiger charge is -2.39. The van der Waals surface area contributed by atoms with E-state index in [0.717, 1.165) is 0 Å². The van der Waals surface area contributed by atoms with Gasteiger partial charge in [-0.25, -0.2) is 0 Å². The summed E-state index contributed by atoms with van der Waals surface area (Å²) >= 11 is 0. The van der Waals surface area contributed by atoms with Gasteiger partial charge in [0.2, 0.25) is 5.91 Å². The van der Waals surface area contributed by atoms with E-state index >= 15 is 0 Å². The first kappa shape index (κ1) is 12.3. The van der Waals surface area contributed by atoms with E-state index in [4.69, 9.17) is 9.47 Å². The van der Waals surface area contributed by atoms with E-state index in [1.54, 1.807) is 4.90 Å². The number of hydrogen-bond donors (Lipinski definition) is 0. The van der Waals surface area contributed by atoms with Crippen LogP contribution in [-0.4, -0.2) is 49.8 Å². The standard InChI is InChI=1S/C12H18N2O3/c1-10-8-17-7-4-14(10)11(15)12(9-13)2-5-16-6-3-12/h10H,2-8H2,1H3. The second-order valence-electron chi connectivity index (χ2n) is 4.73. The molecule has 2 saturated heterocycles. The molecule has 1 atom stereocenters. The van der Waals surface area contributed by atoms with Gasteiger partial charge in [-0.05, 0) is 19.8 Å². The molecule has 2 aliphatic heterocycles. The van der Waals surface area contributed by atoms with E-state index in [1.807, 2.05) is 6.92 Å². The third kappa shape index (κ3) is 2.28. The van der Waals surface area contributed by atoms with Crippen LogP contribution in [0.4, 0.5) is 0 Å². The molecule has 2 rings (SSSR count). The summed E-state index contributed by atoms with van der Waals surface area (Å²) in [6.07, 6.45) is 1.01. The molecule has 5 heteroatoms. The monoisotopic (exact) mass is 238 g/mol. The maximum Gasteiger partial charge on any atom is 0.243 e. The summed E-state index contributed by atoms with van der Waals surface area (Å²) in [4.78, 5) is 14.3. The summed E-state index contributed by atoms with van der Waals surface area (Å²) < 4.78 is 10.6. The van der Waals surface area contributed by atoms with Gasteiger partial charge in [-0.1, -0.05) is 0 Å². The number of ether oxygens (including phenoxy) is 2. The number of rotatable bonds is 1. The van der Waals surface area contributed by atoms with Gasteiger partial charge in [0.05, 0.1) is 25.3 Å². The first-order valence-corrected chi connectivity index (χ1v) is 6.07. The van der Waals surface area contributed by atoms with Crippen LogP contribution in [0.5, 0.6) is 0 Å². The van der Waals surface area contributed by atoms with Crippen LogP contribution in [0.3, 0.4) is 0 Å². The minimum Gasteiger partial charge on any atom is -0.381 e. The summed E-state index contributed by atoms with van der Waals surface area (Å²) in [5, 5.41) is 9.34. The topological polar surface area (TPSA) is 62.6 Å². The van der Waals surface area contributed by atoms with E-state index in [0.29, 0.717) is 45.8 Å². The molecule has 2 fully saturated rings. The second kappa shape index (κ2) is 5.03. The maximum absolute atomic E-state index is 12.5. The fourth-order valence-electron chi connectivity index (χ4n) is 2.40. The van der Waals surface area contributed by atoms with Crippen molar-refractivity contribution in [1.29, 1.82) is 5.26 Å². The highest BCUT2D eigenvalue weighted by Crippen LogP contribution is 2.33. The summed E-state index contributed by atoms with van der Waals surface area (Å²) in [6, 6.07) is 2.28. The van der Waals surface area contributed by atoms with Crippen molar-refractivity contribution in [2.24, 2.45) is 5.41 Å². The highest BCUT2D eigenvalue weighted by molar-refractivity contribution is 5.86. The van der Waals surface area contributed by atoms with Crippen LogP contribution in [0.15, 0.2) is 0 Å². The number of amides is 1. The zero-order valence-electron chi connectivity index (χ0n) is 10.1. The van der Waals surface area contributed by atoms with Crippen molar-refractivity contribution in [3.63, 3.8) is 0 Å². The highest BCUT2D eigenvalue weighted by atomic mass is 16.5. The van der Waals surface area contributed by atoms with E-state index in [-0.39, 0.29) is 11.9 Å². The largest absolute Gasteiger partial charge is 0.381 e. The van der Waals surface area contributed by atoms with Crippen molar-refractivity contribution in [1.82, 2.24) is 4.90 Å². The van der Waals surface area contributed by atoms with E-state index < -0.39 is 5.41 Å². The van der Waals surface area contributed by atoms with Crippen molar-refractivity contribution in [2.75, 3.05) is 33.0 Å². The molecule has 94 valence electrons. The summed E-state index contributed by atoms with van der Waals surface area (Å²) in [5.41, 5.74) is -0.871. The zero-order valence-corrected chi connectivity index (χ0v) is 10.1. The average Bonchev–Trinajstić information content (AvgIpc) is 2.39. The van der Waals surface area contributed by atoms with Gasteiger partial charge in [-0.3, -0.25) is 4.79 Å². The molecule has 0 bridgehead atoms. The fraction of sp³-hybridized carbons (Fsp3) is 0.833. The number of morpholine rings is 1. The Morgan fingerprint density at radius 1 is 1.35 bits per heavy atom. The molecule has 1 amide bonds. The van der Waals surface area contributed by atoms with Crippen molar-refractivity contribution in [3.05, 3.63) is 0 Å². The third-order valence-electron chi connectivity index (χ3n) is 3.60. The van der Waals surface area contributed by atoms with E-state index in [2.05, 4.69) is 6.07 Å². The summed E-state index contributed by atoms with van der Waals surface area (Å²) in [7, 11) is 0. The van der Waals surface area contributed by atoms with Gasteiger partial charge in [0.25, 0.3) is 0 Å². The molecule has 0 radical (unpaired) electrons. The second-order valence-corrected chi connectivity index (χ2v) is 4.73. The number of carbonyl (C=O) groups is 1. The van der Waals surface area contributed by atoms with Gasteiger partial charge in [0.1, 0.15) is 5.41 Å². The molecular formula is C12H18N2O3. The van der Waals surface area contributed by atoms with Gasteiger partial charge in [-0.2, -0.15) is 5.26 Å². The summed E-state index contributed by atoms with van der Waals surface area (Å²) in [5.74, 6) is -0.0425. The quantitative estimate of drug-likeness (QED) is 0.669. The van der Waals surface area contributed by atoms with Crippen molar-refractivity contribution < 1.29 is 14.3 Å². The molecule has 0 spiro atoms. The molecule has 0 N–H and O–H groups in total.